The number of nitrogens with one attached hydrogen (secondary N) is 2. The fraction of sp³-hybridized carbons (Fsp3) is 0.583. The van der Waals surface area contributed by atoms with E-state index in [1.807, 2.05) is 0 Å². The molecule has 0 aromatic carbocycles. The summed E-state index contributed by atoms with van der Waals surface area (Å²) in [7, 11) is 0. The molecule has 2 atom stereocenters. The van der Waals surface area contributed by atoms with Crippen LogP contribution in [0.25, 0.3) is 0 Å². The zero-order valence-corrected chi connectivity index (χ0v) is 9.69. The van der Waals surface area contributed by atoms with Crippen molar-refractivity contribution < 1.29 is 14.3 Å². The monoisotopic (exact) mass is 238 g/mol. The van der Waals surface area contributed by atoms with Gasteiger partial charge in [-0.15, -0.1) is 0 Å². The first-order chi connectivity index (χ1) is 8.25. The molecule has 0 spiro atoms. The van der Waals surface area contributed by atoms with Crippen LogP contribution < -0.4 is 10.6 Å². The van der Waals surface area contributed by atoms with Crippen LogP contribution in [0.2, 0.25) is 0 Å². The number of amides is 2. The molecular weight excluding hydrogens is 220 g/mol. The quantitative estimate of drug-likeness (QED) is 0.738. The van der Waals surface area contributed by atoms with Gasteiger partial charge < -0.3 is 20.2 Å². The lowest BCUT2D eigenvalue weighted by atomic mass is 10.1. The van der Waals surface area contributed by atoms with Crippen molar-refractivity contribution in [2.24, 2.45) is 5.92 Å². The number of urea groups is 1. The van der Waals surface area contributed by atoms with Gasteiger partial charge in [-0.05, 0) is 25.0 Å². The Balaban J connectivity index is 1.64. The second kappa shape index (κ2) is 5.72. The molecule has 1 aliphatic rings. The summed E-state index contributed by atoms with van der Waals surface area (Å²) in [6.07, 6.45) is 4.19. The van der Waals surface area contributed by atoms with E-state index in [1.165, 1.54) is 0 Å². The van der Waals surface area contributed by atoms with Crippen LogP contribution in [-0.4, -0.2) is 23.8 Å². The minimum atomic E-state index is -0.264. The fourth-order valence-corrected chi connectivity index (χ4v) is 2.12. The highest BCUT2D eigenvalue weighted by Gasteiger charge is 2.25. The van der Waals surface area contributed by atoms with Gasteiger partial charge in [-0.25, -0.2) is 4.79 Å². The van der Waals surface area contributed by atoms with Crippen molar-refractivity contribution in [3.05, 3.63) is 24.2 Å². The van der Waals surface area contributed by atoms with Gasteiger partial charge in [0, 0.05) is 12.5 Å². The van der Waals surface area contributed by atoms with Crippen molar-refractivity contribution >= 4 is 6.03 Å². The largest absolute Gasteiger partial charge is 0.467 e. The number of aliphatic hydroxyl groups excluding tert-OH is 1. The molecule has 1 fully saturated rings. The SMILES string of the molecule is O=C(NCc1ccco1)NCC1CCCC1O. The molecule has 5 nitrogen and oxygen atoms in total. The van der Waals surface area contributed by atoms with Crippen LogP contribution in [-0.2, 0) is 6.54 Å². The summed E-state index contributed by atoms with van der Waals surface area (Å²) in [4.78, 5) is 11.5. The second-order valence-corrected chi connectivity index (χ2v) is 4.40. The van der Waals surface area contributed by atoms with Crippen LogP contribution in [0.4, 0.5) is 4.79 Å². The molecular formula is C12H18N2O3. The number of rotatable bonds is 4. The molecule has 1 saturated carbocycles. The highest BCUT2D eigenvalue weighted by Crippen LogP contribution is 2.24. The Morgan fingerprint density at radius 3 is 3.00 bits per heavy atom. The van der Waals surface area contributed by atoms with Gasteiger partial charge in [-0.2, -0.15) is 0 Å². The molecule has 1 aromatic heterocycles. The average molecular weight is 238 g/mol. The van der Waals surface area contributed by atoms with E-state index < -0.39 is 0 Å². The van der Waals surface area contributed by atoms with Crippen molar-refractivity contribution in [1.29, 1.82) is 0 Å². The summed E-state index contributed by atoms with van der Waals surface area (Å²) in [5, 5.41) is 15.1. The van der Waals surface area contributed by atoms with Crippen LogP contribution in [0, 0.1) is 5.92 Å². The molecule has 5 heteroatoms. The summed E-state index contributed by atoms with van der Waals surface area (Å²) in [6, 6.07) is 3.37. The molecule has 0 radical (unpaired) electrons. The van der Waals surface area contributed by atoms with E-state index >= 15 is 0 Å². The number of hydrogen-bond donors (Lipinski definition) is 3. The third-order valence-corrected chi connectivity index (χ3v) is 3.15. The Labute approximate surface area is 100 Å². The molecule has 3 N–H and O–H groups in total. The summed E-state index contributed by atoms with van der Waals surface area (Å²) in [6.45, 7) is 0.914. The molecule has 0 saturated heterocycles. The van der Waals surface area contributed by atoms with Gasteiger partial charge in [0.15, 0.2) is 0 Å². The Hall–Kier alpha value is -1.49. The van der Waals surface area contributed by atoms with Gasteiger partial charge in [0.1, 0.15) is 5.76 Å². The Morgan fingerprint density at radius 2 is 2.35 bits per heavy atom. The molecule has 2 unspecified atom stereocenters. The molecule has 2 amide bonds. The normalized spacial score (nSPS) is 23.6. The summed E-state index contributed by atoms with van der Waals surface area (Å²) in [5.74, 6) is 0.922. The third-order valence-electron chi connectivity index (χ3n) is 3.15. The van der Waals surface area contributed by atoms with Crippen molar-refractivity contribution in [2.75, 3.05) is 6.54 Å². The van der Waals surface area contributed by atoms with Gasteiger partial charge in [-0.3, -0.25) is 0 Å². The average Bonchev–Trinajstić information content (AvgIpc) is 2.95. The Kier molecular flexibility index (Phi) is 4.03. The number of carbonyl (C=O) groups excluding carboxylic acids is 1. The third kappa shape index (κ3) is 3.49. The number of aliphatic hydroxyl groups is 1. The fourth-order valence-electron chi connectivity index (χ4n) is 2.12. The van der Waals surface area contributed by atoms with Crippen LogP contribution in [0.1, 0.15) is 25.0 Å². The predicted molar refractivity (Wildman–Crippen MR) is 62.3 cm³/mol. The van der Waals surface area contributed by atoms with E-state index in [0.717, 1.165) is 25.0 Å². The number of furan rings is 1. The van der Waals surface area contributed by atoms with E-state index in [9.17, 15) is 9.90 Å². The zero-order valence-electron chi connectivity index (χ0n) is 9.69. The minimum Gasteiger partial charge on any atom is -0.467 e. The maximum absolute atomic E-state index is 11.5. The van der Waals surface area contributed by atoms with Crippen molar-refractivity contribution in [3.8, 4) is 0 Å². The standard InChI is InChI=1S/C12H18N2O3/c15-11-5-1-3-9(11)7-13-12(16)14-8-10-4-2-6-17-10/h2,4,6,9,11,15H,1,3,5,7-8H2,(H2,13,14,16). The molecule has 0 aliphatic heterocycles. The van der Waals surface area contributed by atoms with E-state index in [2.05, 4.69) is 10.6 Å². The van der Waals surface area contributed by atoms with Crippen molar-refractivity contribution in [2.45, 2.75) is 31.9 Å². The zero-order chi connectivity index (χ0) is 12.1. The topological polar surface area (TPSA) is 74.5 Å². The summed E-state index contributed by atoms with van der Waals surface area (Å²) < 4.78 is 5.10. The smallest absolute Gasteiger partial charge is 0.315 e. The first-order valence-electron chi connectivity index (χ1n) is 5.98. The van der Waals surface area contributed by atoms with E-state index in [4.69, 9.17) is 4.42 Å². The molecule has 2 rings (SSSR count). The first kappa shape index (κ1) is 12.0. The van der Waals surface area contributed by atoms with Gasteiger partial charge in [-0.1, -0.05) is 6.42 Å². The highest BCUT2D eigenvalue weighted by molar-refractivity contribution is 5.73. The van der Waals surface area contributed by atoms with Crippen LogP contribution in [0.15, 0.2) is 22.8 Å². The van der Waals surface area contributed by atoms with Gasteiger partial charge in [0.05, 0.1) is 18.9 Å². The Bertz CT molecular complexity index is 351. The van der Waals surface area contributed by atoms with Crippen LogP contribution >= 0.6 is 0 Å². The second-order valence-electron chi connectivity index (χ2n) is 4.40. The molecule has 1 aliphatic carbocycles. The Morgan fingerprint density at radius 1 is 1.47 bits per heavy atom. The van der Waals surface area contributed by atoms with E-state index in [-0.39, 0.29) is 18.1 Å². The number of carbonyl (C=O) groups is 1. The molecule has 0 bridgehead atoms. The van der Waals surface area contributed by atoms with Crippen LogP contribution in [0.3, 0.4) is 0 Å². The lowest BCUT2D eigenvalue weighted by Crippen LogP contribution is -2.39. The van der Waals surface area contributed by atoms with Gasteiger partial charge >= 0.3 is 6.03 Å². The minimum absolute atomic E-state index is 0.198. The molecule has 1 heterocycles. The number of hydrogen-bond acceptors (Lipinski definition) is 3. The van der Waals surface area contributed by atoms with E-state index in [0.29, 0.717) is 13.1 Å². The molecule has 17 heavy (non-hydrogen) atoms. The first-order valence-corrected chi connectivity index (χ1v) is 5.98. The van der Waals surface area contributed by atoms with Crippen molar-refractivity contribution in [1.82, 2.24) is 10.6 Å². The lowest BCUT2D eigenvalue weighted by Gasteiger charge is -2.15. The summed E-state index contributed by atoms with van der Waals surface area (Å²) >= 11 is 0. The maximum atomic E-state index is 11.5. The lowest BCUT2D eigenvalue weighted by molar-refractivity contribution is 0.132. The highest BCUT2D eigenvalue weighted by atomic mass is 16.3. The van der Waals surface area contributed by atoms with Gasteiger partial charge in [0.2, 0.25) is 0 Å². The van der Waals surface area contributed by atoms with E-state index in [1.54, 1.807) is 18.4 Å². The molecule has 1 aromatic rings. The molecule has 94 valence electrons. The summed E-state index contributed by atoms with van der Waals surface area (Å²) in [5.41, 5.74) is 0. The van der Waals surface area contributed by atoms with Crippen LogP contribution in [0.5, 0.6) is 0 Å². The predicted octanol–water partition coefficient (Wildman–Crippen LogP) is 1.24. The van der Waals surface area contributed by atoms with Gasteiger partial charge in [0.25, 0.3) is 0 Å². The maximum Gasteiger partial charge on any atom is 0.315 e. The van der Waals surface area contributed by atoms with Crippen molar-refractivity contribution in [3.63, 3.8) is 0 Å².